The minimum Gasteiger partial charge on any atom is -0.385 e. The highest BCUT2D eigenvalue weighted by Gasteiger charge is 2.12. The molecule has 0 spiro atoms. The fourth-order valence-electron chi connectivity index (χ4n) is 2.61. The molecule has 1 amide bonds. The molecule has 0 atom stereocenters. The Balaban J connectivity index is 1.51. The van der Waals surface area contributed by atoms with Crippen LogP contribution in [0.3, 0.4) is 0 Å². The summed E-state index contributed by atoms with van der Waals surface area (Å²) < 4.78 is 0. The molecule has 1 aromatic heterocycles. The molecule has 5 nitrogen and oxygen atoms in total. The lowest BCUT2D eigenvalue weighted by Crippen LogP contribution is -2.25. The molecule has 2 aromatic rings. The molecule has 0 aliphatic carbocycles. The molecule has 0 saturated heterocycles. The van der Waals surface area contributed by atoms with Crippen molar-refractivity contribution in [1.82, 2.24) is 15.3 Å². The van der Waals surface area contributed by atoms with Gasteiger partial charge in [-0.05, 0) is 43.0 Å². The van der Waals surface area contributed by atoms with Gasteiger partial charge < -0.3 is 15.6 Å². The maximum Gasteiger partial charge on any atom is 0.251 e. The summed E-state index contributed by atoms with van der Waals surface area (Å²) in [6.45, 7) is 1.68. The third kappa shape index (κ3) is 3.42. The van der Waals surface area contributed by atoms with Gasteiger partial charge >= 0.3 is 0 Å². The number of hydrogen-bond acceptors (Lipinski definition) is 3. The highest BCUT2D eigenvalue weighted by atomic mass is 16.1. The Hall–Kier alpha value is -2.30. The van der Waals surface area contributed by atoms with Crippen LogP contribution in [0.4, 0.5) is 5.69 Å². The molecule has 0 unspecified atom stereocenters. The zero-order chi connectivity index (χ0) is 14.5. The first-order chi connectivity index (χ1) is 10.3. The number of carbonyl (C=O) groups is 1. The third-order valence-corrected chi connectivity index (χ3v) is 3.74. The monoisotopic (exact) mass is 284 g/mol. The molecule has 3 rings (SSSR count). The predicted octanol–water partition coefficient (Wildman–Crippen LogP) is 2.13. The number of benzene rings is 1. The van der Waals surface area contributed by atoms with Crippen LogP contribution in [-0.2, 0) is 12.8 Å². The lowest BCUT2D eigenvalue weighted by molar-refractivity contribution is 0.0953. The van der Waals surface area contributed by atoms with E-state index in [-0.39, 0.29) is 5.91 Å². The summed E-state index contributed by atoms with van der Waals surface area (Å²) in [4.78, 5) is 19.4. The van der Waals surface area contributed by atoms with Crippen molar-refractivity contribution in [1.29, 1.82) is 0 Å². The number of rotatable bonds is 5. The fourth-order valence-corrected chi connectivity index (χ4v) is 2.61. The molecule has 0 fully saturated rings. The van der Waals surface area contributed by atoms with Crippen molar-refractivity contribution < 1.29 is 4.79 Å². The lowest BCUT2D eigenvalue weighted by Gasteiger charge is -2.18. The Bertz CT molecular complexity index is 607. The van der Waals surface area contributed by atoms with Crippen LogP contribution in [0.2, 0.25) is 0 Å². The van der Waals surface area contributed by atoms with Crippen LogP contribution < -0.4 is 10.6 Å². The Labute approximate surface area is 124 Å². The molecule has 1 aliphatic heterocycles. The van der Waals surface area contributed by atoms with E-state index in [1.165, 1.54) is 5.56 Å². The van der Waals surface area contributed by atoms with Crippen LogP contribution in [0, 0.1) is 0 Å². The van der Waals surface area contributed by atoms with Crippen molar-refractivity contribution in [2.24, 2.45) is 0 Å². The maximum absolute atomic E-state index is 12.1. The Morgan fingerprint density at radius 2 is 2.33 bits per heavy atom. The number of carbonyl (C=O) groups excluding carboxylic acids is 1. The Morgan fingerprint density at radius 1 is 1.38 bits per heavy atom. The first-order valence-corrected chi connectivity index (χ1v) is 7.46. The van der Waals surface area contributed by atoms with E-state index in [9.17, 15) is 4.79 Å². The van der Waals surface area contributed by atoms with E-state index < -0.39 is 0 Å². The second-order valence-corrected chi connectivity index (χ2v) is 5.30. The van der Waals surface area contributed by atoms with Gasteiger partial charge in [-0.1, -0.05) is 0 Å². The van der Waals surface area contributed by atoms with Gasteiger partial charge in [-0.25, -0.2) is 4.98 Å². The van der Waals surface area contributed by atoms with E-state index in [1.807, 2.05) is 24.4 Å². The van der Waals surface area contributed by atoms with Gasteiger partial charge in [0.05, 0.1) is 0 Å². The second kappa shape index (κ2) is 6.43. The lowest BCUT2D eigenvalue weighted by atomic mass is 10.0. The topological polar surface area (TPSA) is 69.8 Å². The zero-order valence-corrected chi connectivity index (χ0v) is 12.0. The summed E-state index contributed by atoms with van der Waals surface area (Å²) in [7, 11) is 0. The van der Waals surface area contributed by atoms with E-state index in [0.717, 1.165) is 49.3 Å². The number of aromatic amines is 1. The number of hydrogen-bond donors (Lipinski definition) is 3. The van der Waals surface area contributed by atoms with Gasteiger partial charge in [0.1, 0.15) is 5.82 Å². The highest BCUT2D eigenvalue weighted by molar-refractivity contribution is 5.94. The number of aryl methyl sites for hydroxylation is 2. The third-order valence-electron chi connectivity index (χ3n) is 3.74. The number of H-pyrrole nitrogens is 1. The van der Waals surface area contributed by atoms with Crippen LogP contribution in [0.25, 0.3) is 0 Å². The fraction of sp³-hybridized carbons (Fsp3) is 0.375. The molecule has 3 N–H and O–H groups in total. The number of anilines is 1. The van der Waals surface area contributed by atoms with E-state index in [0.29, 0.717) is 6.54 Å². The number of amides is 1. The maximum atomic E-state index is 12.1. The second-order valence-electron chi connectivity index (χ2n) is 5.30. The van der Waals surface area contributed by atoms with Gasteiger partial charge in [-0.3, -0.25) is 4.79 Å². The van der Waals surface area contributed by atoms with Crippen molar-refractivity contribution in [2.75, 3.05) is 18.4 Å². The van der Waals surface area contributed by atoms with Crippen LogP contribution in [-0.4, -0.2) is 29.0 Å². The summed E-state index contributed by atoms with van der Waals surface area (Å²) in [5, 5.41) is 6.32. The minimum absolute atomic E-state index is 0.00261. The van der Waals surface area contributed by atoms with Crippen LogP contribution in [0.5, 0.6) is 0 Å². The summed E-state index contributed by atoms with van der Waals surface area (Å²) >= 11 is 0. The first kappa shape index (κ1) is 13.7. The molecule has 0 radical (unpaired) electrons. The normalized spacial score (nSPS) is 13.3. The Morgan fingerprint density at radius 3 is 3.19 bits per heavy atom. The molecule has 21 heavy (non-hydrogen) atoms. The average Bonchev–Trinajstić information content (AvgIpc) is 3.04. The largest absolute Gasteiger partial charge is 0.385 e. The summed E-state index contributed by atoms with van der Waals surface area (Å²) in [5.74, 6) is 0.965. The smallest absolute Gasteiger partial charge is 0.251 e. The van der Waals surface area contributed by atoms with E-state index in [4.69, 9.17) is 0 Å². The van der Waals surface area contributed by atoms with Crippen molar-refractivity contribution in [3.63, 3.8) is 0 Å². The van der Waals surface area contributed by atoms with Crippen LogP contribution >= 0.6 is 0 Å². The molecule has 5 heteroatoms. The standard InChI is InChI=1S/C16H20N4O/c21-16(20-8-2-4-15-18-9-10-19-15)13-5-6-14-12(11-13)3-1-7-17-14/h5-6,9-11,17H,1-4,7-8H2,(H,18,19)(H,20,21). The van der Waals surface area contributed by atoms with Crippen molar-refractivity contribution in [3.05, 3.63) is 47.5 Å². The highest BCUT2D eigenvalue weighted by Crippen LogP contribution is 2.22. The van der Waals surface area contributed by atoms with Gasteiger partial charge in [-0.2, -0.15) is 0 Å². The summed E-state index contributed by atoms with van der Waals surface area (Å²) in [5.41, 5.74) is 3.15. The van der Waals surface area contributed by atoms with Crippen LogP contribution in [0.1, 0.15) is 34.6 Å². The molecular formula is C16H20N4O. The van der Waals surface area contributed by atoms with Gasteiger partial charge in [0, 0.05) is 43.2 Å². The van der Waals surface area contributed by atoms with Crippen molar-refractivity contribution >= 4 is 11.6 Å². The van der Waals surface area contributed by atoms with Gasteiger partial charge in [0.15, 0.2) is 0 Å². The number of aromatic nitrogens is 2. The van der Waals surface area contributed by atoms with Gasteiger partial charge in [0.2, 0.25) is 0 Å². The molecule has 110 valence electrons. The number of imidazole rings is 1. The molecular weight excluding hydrogens is 264 g/mol. The average molecular weight is 284 g/mol. The molecule has 1 aromatic carbocycles. The molecule has 0 saturated carbocycles. The zero-order valence-electron chi connectivity index (χ0n) is 12.0. The summed E-state index contributed by atoms with van der Waals surface area (Å²) in [6, 6.07) is 5.90. The SMILES string of the molecule is O=C(NCCCc1ncc[nH]1)c1ccc2c(c1)CCCN2. The summed E-state index contributed by atoms with van der Waals surface area (Å²) in [6.07, 6.45) is 7.46. The minimum atomic E-state index is 0.00261. The van der Waals surface area contributed by atoms with Crippen LogP contribution in [0.15, 0.2) is 30.6 Å². The number of nitrogens with one attached hydrogen (secondary N) is 3. The Kier molecular flexibility index (Phi) is 4.19. The van der Waals surface area contributed by atoms with Crippen molar-refractivity contribution in [3.8, 4) is 0 Å². The van der Waals surface area contributed by atoms with E-state index >= 15 is 0 Å². The molecule has 1 aliphatic rings. The number of nitrogens with zero attached hydrogens (tertiary/aromatic N) is 1. The quantitative estimate of drug-likeness (QED) is 0.737. The van der Waals surface area contributed by atoms with E-state index in [1.54, 1.807) is 6.20 Å². The molecule has 0 bridgehead atoms. The molecule has 2 heterocycles. The first-order valence-electron chi connectivity index (χ1n) is 7.46. The van der Waals surface area contributed by atoms with Gasteiger partial charge in [-0.15, -0.1) is 0 Å². The van der Waals surface area contributed by atoms with Gasteiger partial charge in [0.25, 0.3) is 5.91 Å². The van der Waals surface area contributed by atoms with Crippen molar-refractivity contribution in [2.45, 2.75) is 25.7 Å². The van der Waals surface area contributed by atoms with E-state index in [2.05, 4.69) is 20.6 Å². The predicted molar refractivity (Wildman–Crippen MR) is 82.5 cm³/mol. The number of fused-ring (bicyclic) bond motifs is 1.